The number of pyridine rings is 1. The third-order valence-electron chi connectivity index (χ3n) is 4.23. The lowest BCUT2D eigenvalue weighted by Gasteiger charge is -2.03. The van der Waals surface area contributed by atoms with E-state index in [2.05, 4.69) is 15.3 Å². The Labute approximate surface area is 174 Å². The lowest BCUT2D eigenvalue weighted by atomic mass is 10.1. The van der Waals surface area contributed by atoms with Gasteiger partial charge in [0.15, 0.2) is 5.13 Å². The van der Waals surface area contributed by atoms with E-state index in [0.29, 0.717) is 32.4 Å². The molecule has 2 heterocycles. The van der Waals surface area contributed by atoms with Crippen molar-refractivity contribution in [2.75, 3.05) is 5.32 Å². The van der Waals surface area contributed by atoms with Gasteiger partial charge in [-0.25, -0.2) is 9.37 Å². The minimum absolute atomic E-state index is 0.0308. The van der Waals surface area contributed by atoms with Crippen molar-refractivity contribution < 1.29 is 14.1 Å². The number of benzene rings is 2. The number of nitrogens with one attached hydrogen (secondary N) is 1. The summed E-state index contributed by atoms with van der Waals surface area (Å²) in [4.78, 5) is 32.1. The maximum Gasteiger partial charge on any atom is 0.269 e. The number of carbonyl (C=O) groups excluding carboxylic acids is 1. The first-order valence-electron chi connectivity index (χ1n) is 8.74. The van der Waals surface area contributed by atoms with Gasteiger partial charge in [-0.15, -0.1) is 0 Å². The van der Waals surface area contributed by atoms with Gasteiger partial charge in [0.1, 0.15) is 5.82 Å². The van der Waals surface area contributed by atoms with Gasteiger partial charge in [-0.3, -0.25) is 25.2 Å². The predicted molar refractivity (Wildman–Crippen MR) is 112 cm³/mol. The van der Waals surface area contributed by atoms with Crippen molar-refractivity contribution in [3.63, 3.8) is 0 Å². The first kappa shape index (κ1) is 19.3. The lowest BCUT2D eigenvalue weighted by molar-refractivity contribution is -0.384. The van der Waals surface area contributed by atoms with E-state index < -0.39 is 4.92 Å². The van der Waals surface area contributed by atoms with Crippen LogP contribution in [0.15, 0.2) is 73.1 Å². The molecule has 2 aromatic carbocycles. The Hall–Kier alpha value is -3.98. The molecule has 0 fully saturated rings. The molecule has 4 aromatic rings. The van der Waals surface area contributed by atoms with Gasteiger partial charge in [0.25, 0.3) is 11.6 Å². The number of nitro benzene ring substituents is 1. The summed E-state index contributed by atoms with van der Waals surface area (Å²) in [5, 5.41) is 14.0. The molecular weight excluding hydrogens is 407 g/mol. The number of halogens is 1. The molecule has 30 heavy (non-hydrogen) atoms. The highest BCUT2D eigenvalue weighted by molar-refractivity contribution is 7.19. The van der Waals surface area contributed by atoms with Gasteiger partial charge >= 0.3 is 0 Å². The fourth-order valence-electron chi connectivity index (χ4n) is 2.77. The van der Waals surface area contributed by atoms with Gasteiger partial charge < -0.3 is 0 Å². The van der Waals surface area contributed by atoms with Crippen molar-refractivity contribution in [2.24, 2.45) is 0 Å². The Bertz CT molecular complexity index is 1210. The maximum atomic E-state index is 13.4. The van der Waals surface area contributed by atoms with Gasteiger partial charge in [-0.2, -0.15) is 0 Å². The van der Waals surface area contributed by atoms with Crippen LogP contribution in [-0.2, 0) is 0 Å². The number of hydrogen-bond acceptors (Lipinski definition) is 6. The highest BCUT2D eigenvalue weighted by Gasteiger charge is 2.18. The zero-order valence-corrected chi connectivity index (χ0v) is 16.1. The third-order valence-corrected chi connectivity index (χ3v) is 5.25. The summed E-state index contributed by atoms with van der Waals surface area (Å²) >= 11 is 1.22. The van der Waals surface area contributed by atoms with Gasteiger partial charge in [0.05, 0.1) is 21.1 Å². The molecule has 7 nitrogen and oxygen atoms in total. The summed E-state index contributed by atoms with van der Waals surface area (Å²) in [6.07, 6.45) is 3.01. The van der Waals surface area contributed by atoms with Crippen LogP contribution >= 0.6 is 11.3 Å². The van der Waals surface area contributed by atoms with Crippen LogP contribution in [0.5, 0.6) is 0 Å². The first-order valence-corrected chi connectivity index (χ1v) is 9.56. The summed E-state index contributed by atoms with van der Waals surface area (Å²) in [7, 11) is 0. The first-order chi connectivity index (χ1) is 14.5. The van der Waals surface area contributed by atoms with Crippen molar-refractivity contribution in [1.29, 1.82) is 0 Å². The fraction of sp³-hybridized carbons (Fsp3) is 0. The van der Waals surface area contributed by atoms with Crippen molar-refractivity contribution in [2.45, 2.75) is 0 Å². The minimum atomic E-state index is -0.475. The molecule has 0 aliphatic carbocycles. The van der Waals surface area contributed by atoms with Crippen LogP contribution in [-0.4, -0.2) is 20.8 Å². The van der Waals surface area contributed by atoms with Gasteiger partial charge in [-0.1, -0.05) is 11.3 Å². The van der Waals surface area contributed by atoms with Crippen LogP contribution in [0.1, 0.15) is 10.4 Å². The Morgan fingerprint density at radius 1 is 1.03 bits per heavy atom. The van der Waals surface area contributed by atoms with Crippen molar-refractivity contribution >= 4 is 28.1 Å². The number of carbonyl (C=O) groups is 1. The molecule has 9 heteroatoms. The monoisotopic (exact) mass is 420 g/mol. The number of aromatic nitrogens is 2. The van der Waals surface area contributed by atoms with Crippen LogP contribution in [0.25, 0.3) is 21.7 Å². The highest BCUT2D eigenvalue weighted by Crippen LogP contribution is 2.39. The molecule has 0 atom stereocenters. The second kappa shape index (κ2) is 8.18. The van der Waals surface area contributed by atoms with Crippen LogP contribution in [0.3, 0.4) is 0 Å². The van der Waals surface area contributed by atoms with Crippen molar-refractivity contribution in [3.8, 4) is 21.7 Å². The molecular formula is C21H13FN4O3S. The molecule has 0 saturated heterocycles. The SMILES string of the molecule is O=C(Nc1nc(-c2ccc(F)cc2)c(-c2ccc([N+](=O)[O-])cc2)s1)c1cccnc1. The minimum Gasteiger partial charge on any atom is -0.298 e. The molecule has 0 bridgehead atoms. The smallest absolute Gasteiger partial charge is 0.269 e. The van der Waals surface area contributed by atoms with Crippen molar-refractivity contribution in [1.82, 2.24) is 9.97 Å². The topological polar surface area (TPSA) is 98.0 Å². The summed E-state index contributed by atoms with van der Waals surface area (Å²) in [5.41, 5.74) is 2.24. The number of non-ortho nitro benzene ring substituents is 1. The predicted octanol–water partition coefficient (Wildman–Crippen LogP) is 5.17. The summed E-state index contributed by atoms with van der Waals surface area (Å²) in [5.74, 6) is -0.742. The van der Waals surface area contributed by atoms with Gasteiger partial charge in [0.2, 0.25) is 0 Å². The van der Waals surface area contributed by atoms with E-state index in [1.54, 1.807) is 42.6 Å². The standard InChI is InChI=1S/C21H13FN4O3S/c22-16-7-3-13(4-8-16)18-19(14-5-9-17(10-6-14)26(28)29)30-21(24-18)25-20(27)15-2-1-11-23-12-15/h1-12H,(H,24,25,27). The van der Waals surface area contributed by atoms with Crippen LogP contribution < -0.4 is 5.32 Å². The fourth-order valence-corrected chi connectivity index (χ4v) is 3.76. The number of rotatable bonds is 5. The van der Waals surface area contributed by atoms with Crippen molar-refractivity contribution in [3.05, 3.63) is 94.6 Å². The molecule has 4 rings (SSSR count). The van der Waals surface area contributed by atoms with Crippen LogP contribution in [0.2, 0.25) is 0 Å². The number of amides is 1. The molecule has 0 spiro atoms. The number of nitrogens with zero attached hydrogens (tertiary/aromatic N) is 3. The molecule has 0 radical (unpaired) electrons. The van der Waals surface area contributed by atoms with E-state index in [1.165, 1.54) is 41.8 Å². The van der Waals surface area contributed by atoms with E-state index in [0.717, 1.165) is 0 Å². The highest BCUT2D eigenvalue weighted by atomic mass is 32.1. The zero-order valence-electron chi connectivity index (χ0n) is 15.3. The largest absolute Gasteiger partial charge is 0.298 e. The Morgan fingerprint density at radius 3 is 2.37 bits per heavy atom. The van der Waals surface area contributed by atoms with E-state index in [-0.39, 0.29) is 17.4 Å². The van der Waals surface area contributed by atoms with E-state index >= 15 is 0 Å². The Morgan fingerprint density at radius 2 is 1.73 bits per heavy atom. The average molecular weight is 420 g/mol. The van der Waals surface area contributed by atoms with E-state index in [4.69, 9.17) is 0 Å². The van der Waals surface area contributed by atoms with Gasteiger partial charge in [0, 0.05) is 30.1 Å². The molecule has 1 amide bonds. The lowest BCUT2D eigenvalue weighted by Crippen LogP contribution is -2.11. The third kappa shape index (κ3) is 4.06. The molecule has 148 valence electrons. The molecule has 0 unspecified atom stereocenters. The van der Waals surface area contributed by atoms with E-state index in [9.17, 15) is 19.3 Å². The van der Waals surface area contributed by atoms with Gasteiger partial charge in [-0.05, 0) is 54.1 Å². The number of hydrogen-bond donors (Lipinski definition) is 1. The number of anilines is 1. The second-order valence-electron chi connectivity index (χ2n) is 6.20. The average Bonchev–Trinajstić information content (AvgIpc) is 3.18. The molecule has 0 aliphatic rings. The maximum absolute atomic E-state index is 13.4. The van der Waals surface area contributed by atoms with Crippen LogP contribution in [0.4, 0.5) is 15.2 Å². The molecule has 1 N–H and O–H groups in total. The van der Waals surface area contributed by atoms with Crippen LogP contribution in [0, 0.1) is 15.9 Å². The zero-order chi connectivity index (χ0) is 21.1. The summed E-state index contributed by atoms with van der Waals surface area (Å²) in [6.45, 7) is 0. The summed E-state index contributed by atoms with van der Waals surface area (Å²) in [6, 6.07) is 15.1. The number of nitro groups is 1. The molecule has 2 aromatic heterocycles. The quantitative estimate of drug-likeness (QED) is 0.355. The Kier molecular flexibility index (Phi) is 5.27. The van der Waals surface area contributed by atoms with E-state index in [1.807, 2.05) is 0 Å². The second-order valence-corrected chi connectivity index (χ2v) is 7.20. The normalized spacial score (nSPS) is 10.6. The Balaban J connectivity index is 1.74. The molecule has 0 saturated carbocycles. The molecule has 0 aliphatic heterocycles. The summed E-state index contributed by atoms with van der Waals surface area (Å²) < 4.78 is 13.4. The number of thiazole rings is 1.